The molecule has 39 heavy (non-hydrogen) atoms. The van der Waals surface area contributed by atoms with E-state index in [0.717, 1.165) is 18.9 Å². The van der Waals surface area contributed by atoms with Crippen LogP contribution in [0.15, 0.2) is 41.3 Å². The molecule has 0 bridgehead atoms. The predicted molar refractivity (Wildman–Crippen MR) is 135 cm³/mol. The Labute approximate surface area is 227 Å². The van der Waals surface area contributed by atoms with E-state index >= 15 is 4.39 Å². The van der Waals surface area contributed by atoms with Crippen LogP contribution in [0.4, 0.5) is 28.0 Å². The summed E-state index contributed by atoms with van der Waals surface area (Å²) in [6.07, 6.45) is -6.27. The molecule has 2 amide bonds. The number of hydrogen-bond donors (Lipinski definition) is 1. The van der Waals surface area contributed by atoms with Crippen LogP contribution in [-0.4, -0.2) is 55.2 Å². The number of halogens is 4. The first-order valence-corrected chi connectivity index (χ1v) is 12.8. The van der Waals surface area contributed by atoms with E-state index in [1.165, 1.54) is 6.07 Å². The van der Waals surface area contributed by atoms with Crippen LogP contribution in [0, 0.1) is 5.82 Å². The second kappa shape index (κ2) is 12.1. The lowest BCUT2D eigenvalue weighted by Crippen LogP contribution is -2.45. The van der Waals surface area contributed by atoms with Crippen LogP contribution >= 0.6 is 11.8 Å². The largest absolute Gasteiger partial charge is 0.487 e. The zero-order chi connectivity index (χ0) is 29.0. The lowest BCUT2D eigenvalue weighted by atomic mass is 10.0. The fourth-order valence-electron chi connectivity index (χ4n) is 3.71. The van der Waals surface area contributed by atoms with Gasteiger partial charge in [0, 0.05) is 22.3 Å². The van der Waals surface area contributed by atoms with E-state index < -0.39 is 53.8 Å². The molecule has 3 rings (SSSR count). The van der Waals surface area contributed by atoms with E-state index in [1.807, 2.05) is 0 Å². The fourth-order valence-corrected chi connectivity index (χ4v) is 4.83. The number of hydrogen-bond acceptors (Lipinski definition) is 7. The molecule has 0 unspecified atom stereocenters. The molecule has 0 saturated heterocycles. The minimum absolute atomic E-state index is 0.0304. The van der Waals surface area contributed by atoms with Crippen molar-refractivity contribution < 1.29 is 46.2 Å². The molecule has 0 radical (unpaired) electrons. The Morgan fingerprint density at radius 2 is 1.79 bits per heavy atom. The maximum atomic E-state index is 16.1. The van der Waals surface area contributed by atoms with Gasteiger partial charge in [0.05, 0.1) is 7.11 Å². The van der Waals surface area contributed by atoms with Crippen LogP contribution in [0.25, 0.3) is 0 Å². The highest BCUT2D eigenvalue weighted by Gasteiger charge is 2.46. The number of alkyl halides is 3. The molecule has 212 valence electrons. The van der Waals surface area contributed by atoms with E-state index in [1.54, 1.807) is 51.1 Å². The number of esters is 1. The summed E-state index contributed by atoms with van der Waals surface area (Å²) < 4.78 is 72.2. The molecule has 13 heteroatoms. The van der Waals surface area contributed by atoms with Crippen molar-refractivity contribution in [2.24, 2.45) is 0 Å². The molecule has 2 aromatic carbocycles. The SMILES string of the molecule is COC(=O)CN(C(=O)C(F)(F)F)c1c(OCc2ccccc2)cc2c(c1F)C[C@H](NC(=O)OC(C)(C)C)CS2. The number of fused-ring (bicyclic) bond motifs is 1. The van der Waals surface area contributed by atoms with Gasteiger partial charge in [-0.2, -0.15) is 13.2 Å². The summed E-state index contributed by atoms with van der Waals surface area (Å²) in [6, 6.07) is 9.30. The summed E-state index contributed by atoms with van der Waals surface area (Å²) in [5.41, 5.74) is -1.04. The van der Waals surface area contributed by atoms with Crippen molar-refractivity contribution in [3.8, 4) is 5.75 Å². The van der Waals surface area contributed by atoms with Crippen LogP contribution in [0.3, 0.4) is 0 Å². The van der Waals surface area contributed by atoms with Crippen LogP contribution in [-0.2, 0) is 32.1 Å². The minimum atomic E-state index is -5.43. The Morgan fingerprint density at radius 3 is 2.38 bits per heavy atom. The number of carbonyl (C=O) groups is 3. The number of alkyl carbamates (subject to hydrolysis) is 1. The summed E-state index contributed by atoms with van der Waals surface area (Å²) in [5, 5.41) is 2.63. The first-order chi connectivity index (χ1) is 18.2. The predicted octanol–water partition coefficient (Wildman–Crippen LogP) is 5.01. The molecule has 0 aromatic heterocycles. The molecule has 0 fully saturated rings. The van der Waals surface area contributed by atoms with Crippen LogP contribution in [0.5, 0.6) is 5.75 Å². The van der Waals surface area contributed by atoms with Crippen molar-refractivity contribution in [3.63, 3.8) is 0 Å². The molecule has 1 heterocycles. The highest BCUT2D eigenvalue weighted by molar-refractivity contribution is 7.99. The Kier molecular flexibility index (Phi) is 9.36. The normalized spacial score (nSPS) is 15.1. The highest BCUT2D eigenvalue weighted by Crippen LogP contribution is 2.43. The van der Waals surface area contributed by atoms with Crippen LogP contribution in [0.1, 0.15) is 31.9 Å². The molecule has 1 aliphatic rings. The molecular formula is C26H28F4N2O6S. The lowest BCUT2D eigenvalue weighted by Gasteiger charge is -2.31. The zero-order valence-electron chi connectivity index (χ0n) is 21.7. The molecule has 1 aliphatic heterocycles. The maximum absolute atomic E-state index is 16.1. The second-order valence-electron chi connectivity index (χ2n) is 9.61. The van der Waals surface area contributed by atoms with E-state index in [-0.39, 0.29) is 29.2 Å². The molecular weight excluding hydrogens is 544 g/mol. The smallest absolute Gasteiger partial charge is 0.471 e. The topological polar surface area (TPSA) is 94.2 Å². The summed E-state index contributed by atoms with van der Waals surface area (Å²) in [4.78, 5) is 37.0. The first-order valence-electron chi connectivity index (χ1n) is 11.8. The van der Waals surface area contributed by atoms with Crippen molar-refractivity contribution in [2.45, 2.75) is 56.5 Å². The molecule has 1 N–H and O–H groups in total. The Hall–Kier alpha value is -3.48. The standard InChI is InChI=1S/C26H28F4N2O6S/c1-25(2,3)38-24(35)31-16-10-17-19(39-14-16)11-18(37-13-15-8-6-5-7-9-15)22(21(17)27)32(12-20(33)36-4)23(34)26(28,29)30/h5-9,11,16H,10,12-14H2,1-4H3,(H,31,35)/t16-/m0/s1. The second-order valence-corrected chi connectivity index (χ2v) is 10.7. The Bertz CT molecular complexity index is 1220. The summed E-state index contributed by atoms with van der Waals surface area (Å²) in [5.74, 6) is -4.89. The van der Waals surface area contributed by atoms with Crippen molar-refractivity contribution in [2.75, 3.05) is 24.3 Å². The van der Waals surface area contributed by atoms with Gasteiger partial charge >= 0.3 is 24.1 Å². The number of anilines is 1. The van der Waals surface area contributed by atoms with E-state index in [9.17, 15) is 27.6 Å². The van der Waals surface area contributed by atoms with E-state index in [4.69, 9.17) is 9.47 Å². The third kappa shape index (κ3) is 8.01. The number of carbonyl (C=O) groups excluding carboxylic acids is 3. The number of rotatable bonds is 7. The van der Waals surface area contributed by atoms with Gasteiger partial charge in [0.25, 0.3) is 0 Å². The monoisotopic (exact) mass is 572 g/mol. The van der Waals surface area contributed by atoms with Crippen LogP contribution in [0.2, 0.25) is 0 Å². The third-order valence-electron chi connectivity index (χ3n) is 5.39. The quantitative estimate of drug-likeness (QED) is 0.368. The summed E-state index contributed by atoms with van der Waals surface area (Å²) in [7, 11) is 0.929. The van der Waals surface area contributed by atoms with Crippen molar-refractivity contribution >= 4 is 35.4 Å². The average Bonchev–Trinajstić information content (AvgIpc) is 2.85. The van der Waals surface area contributed by atoms with Gasteiger partial charge < -0.3 is 19.5 Å². The molecule has 8 nitrogen and oxygen atoms in total. The summed E-state index contributed by atoms with van der Waals surface area (Å²) in [6.45, 7) is 3.67. The molecule has 2 aromatic rings. The van der Waals surface area contributed by atoms with Gasteiger partial charge in [0.1, 0.15) is 30.2 Å². The van der Waals surface area contributed by atoms with Gasteiger partial charge in [-0.15, -0.1) is 11.8 Å². The maximum Gasteiger partial charge on any atom is 0.471 e. The number of benzene rings is 2. The Morgan fingerprint density at radius 1 is 1.13 bits per heavy atom. The van der Waals surface area contributed by atoms with Crippen molar-refractivity contribution in [1.29, 1.82) is 0 Å². The van der Waals surface area contributed by atoms with Gasteiger partial charge in [-0.05, 0) is 38.8 Å². The number of nitrogens with zero attached hydrogens (tertiary/aromatic N) is 1. The van der Waals surface area contributed by atoms with Gasteiger partial charge in [-0.1, -0.05) is 30.3 Å². The summed E-state index contributed by atoms with van der Waals surface area (Å²) >= 11 is 1.15. The van der Waals surface area contributed by atoms with Gasteiger partial charge in [0.15, 0.2) is 5.82 Å². The number of amides is 2. The number of methoxy groups -OCH3 is 1. The molecule has 0 aliphatic carbocycles. The zero-order valence-corrected chi connectivity index (χ0v) is 22.5. The number of nitrogens with one attached hydrogen (secondary N) is 1. The fraction of sp³-hybridized carbons (Fsp3) is 0.423. The number of ether oxygens (including phenoxy) is 3. The minimum Gasteiger partial charge on any atom is -0.487 e. The lowest BCUT2D eigenvalue weighted by molar-refractivity contribution is -0.171. The number of thioether (sulfide) groups is 1. The average molecular weight is 573 g/mol. The van der Waals surface area contributed by atoms with Crippen molar-refractivity contribution in [3.05, 3.63) is 53.3 Å². The Balaban J connectivity index is 2.05. The van der Waals surface area contributed by atoms with Gasteiger partial charge in [-0.25, -0.2) is 9.18 Å². The van der Waals surface area contributed by atoms with Gasteiger partial charge in [0.2, 0.25) is 0 Å². The van der Waals surface area contributed by atoms with E-state index in [2.05, 4.69) is 10.1 Å². The first kappa shape index (κ1) is 30.1. The highest BCUT2D eigenvalue weighted by atomic mass is 32.2. The molecule has 0 saturated carbocycles. The van der Waals surface area contributed by atoms with Crippen LogP contribution < -0.4 is 15.0 Å². The molecule has 1 atom stereocenters. The third-order valence-corrected chi connectivity index (χ3v) is 6.63. The van der Waals surface area contributed by atoms with Crippen molar-refractivity contribution in [1.82, 2.24) is 5.32 Å². The van der Waals surface area contributed by atoms with E-state index in [0.29, 0.717) is 16.2 Å². The van der Waals surface area contributed by atoms with Gasteiger partial charge in [-0.3, -0.25) is 14.5 Å². The molecule has 0 spiro atoms.